The van der Waals surface area contributed by atoms with E-state index in [9.17, 15) is 4.79 Å². The van der Waals surface area contributed by atoms with Gasteiger partial charge in [0.15, 0.2) is 0 Å². The molecular weight excluding hydrogens is 300 g/mol. The fraction of sp³-hybridized carbons (Fsp3) is 0.333. The lowest BCUT2D eigenvalue weighted by Gasteiger charge is -2.12. The van der Waals surface area contributed by atoms with Gasteiger partial charge in [0.25, 0.3) is 0 Å². The first-order valence-electron chi connectivity index (χ1n) is 5.08. The van der Waals surface area contributed by atoms with Gasteiger partial charge in [0.05, 0.1) is 11.3 Å². The maximum atomic E-state index is 11.8. The van der Waals surface area contributed by atoms with Crippen LogP contribution in [-0.4, -0.2) is 17.9 Å². The molecule has 5 heteroatoms. The second-order valence-electron chi connectivity index (χ2n) is 3.65. The predicted octanol–water partition coefficient (Wildman–Crippen LogP) is 3.26. The fourth-order valence-electron chi connectivity index (χ4n) is 1.30. The van der Waals surface area contributed by atoms with Crippen molar-refractivity contribution in [3.8, 4) is 6.07 Å². The van der Waals surface area contributed by atoms with Crippen molar-refractivity contribution in [3.05, 3.63) is 28.2 Å². The molecule has 0 aliphatic carbocycles. The quantitative estimate of drug-likeness (QED) is 0.928. The summed E-state index contributed by atoms with van der Waals surface area (Å²) >= 11 is 4.94. The number of carbonyl (C=O) groups excluding carboxylic acids is 1. The summed E-state index contributed by atoms with van der Waals surface area (Å²) in [6.45, 7) is 1.87. The van der Waals surface area contributed by atoms with Gasteiger partial charge in [-0.2, -0.15) is 17.0 Å². The van der Waals surface area contributed by atoms with Gasteiger partial charge in [-0.15, -0.1) is 0 Å². The van der Waals surface area contributed by atoms with Gasteiger partial charge in [-0.25, -0.2) is 0 Å². The predicted molar refractivity (Wildman–Crippen MR) is 75.0 cm³/mol. The van der Waals surface area contributed by atoms with Crippen LogP contribution in [0.1, 0.15) is 12.5 Å². The van der Waals surface area contributed by atoms with Gasteiger partial charge in [-0.3, -0.25) is 4.79 Å². The van der Waals surface area contributed by atoms with E-state index >= 15 is 0 Å². The van der Waals surface area contributed by atoms with Crippen molar-refractivity contribution in [3.63, 3.8) is 0 Å². The molecule has 0 aromatic heterocycles. The van der Waals surface area contributed by atoms with Gasteiger partial charge in [0.2, 0.25) is 5.91 Å². The monoisotopic (exact) mass is 312 g/mol. The normalized spacial score (nSPS) is 11.6. The van der Waals surface area contributed by atoms with Crippen molar-refractivity contribution in [2.75, 3.05) is 17.3 Å². The van der Waals surface area contributed by atoms with Gasteiger partial charge in [0.1, 0.15) is 6.07 Å². The summed E-state index contributed by atoms with van der Waals surface area (Å²) in [6, 6.07) is 7.25. The summed E-state index contributed by atoms with van der Waals surface area (Å²) in [6.07, 6.45) is 1.96. The van der Waals surface area contributed by atoms with E-state index in [1.165, 1.54) is 0 Å². The number of rotatable bonds is 4. The van der Waals surface area contributed by atoms with E-state index in [1.54, 1.807) is 30.0 Å². The Morgan fingerprint density at radius 1 is 1.65 bits per heavy atom. The summed E-state index contributed by atoms with van der Waals surface area (Å²) in [7, 11) is 0. The highest BCUT2D eigenvalue weighted by molar-refractivity contribution is 9.10. The molecule has 1 N–H and O–H groups in total. The molecule has 0 fully saturated rings. The molecule has 0 saturated heterocycles. The van der Waals surface area contributed by atoms with Crippen molar-refractivity contribution in [2.45, 2.75) is 6.92 Å². The molecule has 3 nitrogen and oxygen atoms in total. The molecule has 1 amide bonds. The molecule has 0 bridgehead atoms. The number of nitrogens with zero attached hydrogens (tertiary/aromatic N) is 1. The molecule has 0 aliphatic rings. The largest absolute Gasteiger partial charge is 0.325 e. The third-order valence-corrected chi connectivity index (χ3v) is 3.55. The van der Waals surface area contributed by atoms with E-state index < -0.39 is 0 Å². The Kier molecular flexibility index (Phi) is 5.52. The lowest BCUT2D eigenvalue weighted by atomic mass is 10.1. The molecule has 1 unspecified atom stereocenters. The minimum absolute atomic E-state index is 0.0612. The van der Waals surface area contributed by atoms with Crippen LogP contribution in [0.4, 0.5) is 5.69 Å². The number of benzene rings is 1. The van der Waals surface area contributed by atoms with Gasteiger partial charge >= 0.3 is 0 Å². The molecule has 1 aromatic carbocycles. The first kappa shape index (κ1) is 14.1. The highest BCUT2D eigenvalue weighted by Gasteiger charge is 2.14. The van der Waals surface area contributed by atoms with Crippen LogP contribution in [0.2, 0.25) is 0 Å². The van der Waals surface area contributed by atoms with Crippen molar-refractivity contribution in [1.29, 1.82) is 5.26 Å². The van der Waals surface area contributed by atoms with Crippen LogP contribution in [0, 0.1) is 17.2 Å². The summed E-state index contributed by atoms with van der Waals surface area (Å²) in [5.74, 6) is 0.631. The number of hydrogen-bond acceptors (Lipinski definition) is 3. The Labute approximate surface area is 114 Å². The average Bonchev–Trinajstić information content (AvgIpc) is 2.29. The number of halogens is 1. The van der Waals surface area contributed by atoms with Gasteiger partial charge in [0, 0.05) is 16.1 Å². The van der Waals surface area contributed by atoms with Crippen LogP contribution in [0.5, 0.6) is 0 Å². The number of hydrogen-bond donors (Lipinski definition) is 1. The minimum Gasteiger partial charge on any atom is -0.325 e. The number of amides is 1. The van der Waals surface area contributed by atoms with Crippen molar-refractivity contribution in [2.24, 2.45) is 5.92 Å². The van der Waals surface area contributed by atoms with E-state index in [4.69, 9.17) is 5.26 Å². The molecule has 1 aromatic rings. The Bertz CT molecular complexity index is 456. The molecule has 0 heterocycles. The van der Waals surface area contributed by atoms with E-state index in [1.807, 2.05) is 13.2 Å². The lowest BCUT2D eigenvalue weighted by Crippen LogP contribution is -2.22. The Balaban J connectivity index is 2.84. The number of anilines is 1. The maximum absolute atomic E-state index is 11.8. The average molecular weight is 313 g/mol. The smallest absolute Gasteiger partial charge is 0.228 e. The van der Waals surface area contributed by atoms with Crippen LogP contribution in [0.25, 0.3) is 0 Å². The number of nitriles is 1. The topological polar surface area (TPSA) is 52.9 Å². The highest BCUT2D eigenvalue weighted by Crippen LogP contribution is 2.21. The maximum Gasteiger partial charge on any atom is 0.228 e. The van der Waals surface area contributed by atoms with E-state index in [0.717, 1.165) is 10.2 Å². The minimum atomic E-state index is -0.0736. The third-order valence-electron chi connectivity index (χ3n) is 2.22. The molecule has 0 aliphatic heterocycles. The highest BCUT2D eigenvalue weighted by atomic mass is 79.9. The van der Waals surface area contributed by atoms with Crippen LogP contribution in [0.15, 0.2) is 22.7 Å². The molecular formula is C12H13BrN2OS. The second kappa shape index (κ2) is 6.67. The Morgan fingerprint density at radius 3 is 2.94 bits per heavy atom. The molecule has 1 atom stereocenters. The van der Waals surface area contributed by atoms with Crippen LogP contribution in [-0.2, 0) is 4.79 Å². The number of carbonyl (C=O) groups is 1. The molecule has 17 heavy (non-hydrogen) atoms. The number of thioether (sulfide) groups is 1. The van der Waals surface area contributed by atoms with Crippen LogP contribution in [0.3, 0.4) is 0 Å². The third kappa shape index (κ3) is 4.06. The standard InChI is InChI=1S/C12H13BrN2OS/c1-8(7-17-2)12(16)15-11-5-10(13)4-3-9(11)6-14/h3-5,8H,7H2,1-2H3,(H,15,16). The lowest BCUT2D eigenvalue weighted by molar-refractivity contribution is -0.118. The summed E-state index contributed by atoms with van der Waals surface area (Å²) in [4.78, 5) is 11.8. The van der Waals surface area contributed by atoms with Crippen molar-refractivity contribution >= 4 is 39.3 Å². The fourth-order valence-corrected chi connectivity index (χ4v) is 2.31. The Morgan fingerprint density at radius 2 is 2.35 bits per heavy atom. The SMILES string of the molecule is CSCC(C)C(=O)Nc1cc(Br)ccc1C#N. The molecule has 90 valence electrons. The van der Waals surface area contributed by atoms with Crippen molar-refractivity contribution in [1.82, 2.24) is 0 Å². The van der Waals surface area contributed by atoms with E-state index in [-0.39, 0.29) is 11.8 Å². The van der Waals surface area contributed by atoms with Gasteiger partial charge in [-0.05, 0) is 24.5 Å². The van der Waals surface area contributed by atoms with Gasteiger partial charge < -0.3 is 5.32 Å². The first-order chi connectivity index (χ1) is 8.08. The zero-order valence-electron chi connectivity index (χ0n) is 9.66. The first-order valence-corrected chi connectivity index (χ1v) is 7.26. The van der Waals surface area contributed by atoms with E-state index in [0.29, 0.717) is 11.3 Å². The van der Waals surface area contributed by atoms with Crippen LogP contribution < -0.4 is 5.32 Å². The summed E-state index contributed by atoms with van der Waals surface area (Å²) in [5, 5.41) is 11.7. The van der Waals surface area contributed by atoms with Crippen LogP contribution >= 0.6 is 27.7 Å². The zero-order chi connectivity index (χ0) is 12.8. The molecule has 1 rings (SSSR count). The van der Waals surface area contributed by atoms with Crippen molar-refractivity contribution < 1.29 is 4.79 Å². The zero-order valence-corrected chi connectivity index (χ0v) is 12.1. The molecule has 0 spiro atoms. The van der Waals surface area contributed by atoms with E-state index in [2.05, 4.69) is 27.3 Å². The summed E-state index contributed by atoms with van der Waals surface area (Å²) in [5.41, 5.74) is 1.03. The molecule has 0 radical (unpaired) electrons. The molecule has 0 saturated carbocycles. The second-order valence-corrected chi connectivity index (χ2v) is 5.47. The Hall–Kier alpha value is -0.990. The summed E-state index contributed by atoms with van der Waals surface area (Å²) < 4.78 is 0.837. The number of nitrogens with one attached hydrogen (secondary N) is 1. The van der Waals surface area contributed by atoms with Gasteiger partial charge in [-0.1, -0.05) is 22.9 Å².